The van der Waals surface area contributed by atoms with Gasteiger partial charge in [0.1, 0.15) is 17.7 Å². The zero-order valence-corrected chi connectivity index (χ0v) is 27.1. The minimum absolute atomic E-state index is 0.0203. The highest BCUT2D eigenvalue weighted by atomic mass is 16.7. The summed E-state index contributed by atoms with van der Waals surface area (Å²) in [6.45, 7) is 0.330. The Morgan fingerprint density at radius 2 is 1.33 bits per heavy atom. The highest BCUT2D eigenvalue weighted by Gasteiger charge is 2.25. The number of ether oxygens (including phenoxy) is 7. The van der Waals surface area contributed by atoms with E-state index in [0.717, 1.165) is 33.0 Å². The molecule has 0 saturated carbocycles. The van der Waals surface area contributed by atoms with Crippen molar-refractivity contribution in [2.24, 2.45) is 0 Å². The van der Waals surface area contributed by atoms with Gasteiger partial charge in [0.15, 0.2) is 41.3 Å². The predicted octanol–water partition coefficient (Wildman–Crippen LogP) is 7.62. The van der Waals surface area contributed by atoms with Crippen LogP contribution in [0.2, 0.25) is 0 Å². The summed E-state index contributed by atoms with van der Waals surface area (Å²) in [6.07, 6.45) is 1.86. The minimum Gasteiger partial charge on any atom is -0.493 e. The average molecular weight is 648 g/mol. The molecule has 0 amide bonds. The van der Waals surface area contributed by atoms with E-state index in [1.807, 2.05) is 83.4 Å². The molecule has 10 nitrogen and oxygen atoms in total. The number of methoxy groups -OCH3 is 5. The number of fused-ring (bicyclic) bond motifs is 7. The predicted molar refractivity (Wildman–Crippen MR) is 183 cm³/mol. The van der Waals surface area contributed by atoms with Crippen LogP contribution >= 0.6 is 0 Å². The van der Waals surface area contributed by atoms with Gasteiger partial charge in [-0.2, -0.15) is 0 Å². The van der Waals surface area contributed by atoms with Crippen LogP contribution < -0.4 is 34.0 Å². The van der Waals surface area contributed by atoms with Gasteiger partial charge >= 0.3 is 5.63 Å². The highest BCUT2D eigenvalue weighted by molar-refractivity contribution is 6.22. The molecule has 48 heavy (non-hydrogen) atoms. The molecule has 0 atom stereocenters. The molecular formula is C38H33NO9. The quantitative estimate of drug-likeness (QED) is 0.104. The molecule has 0 radical (unpaired) electrons. The van der Waals surface area contributed by atoms with Gasteiger partial charge in [0.05, 0.1) is 34.0 Å². The summed E-state index contributed by atoms with van der Waals surface area (Å²) < 4.78 is 47.9. The maximum Gasteiger partial charge on any atom is 0.361 e. The first kappa shape index (κ1) is 30.8. The molecule has 0 aliphatic carbocycles. The van der Waals surface area contributed by atoms with Gasteiger partial charge in [0.25, 0.3) is 0 Å². The van der Waals surface area contributed by atoms with Crippen LogP contribution in [0, 0.1) is 0 Å². The molecule has 0 aliphatic rings. The third-order valence-corrected chi connectivity index (χ3v) is 8.37. The van der Waals surface area contributed by atoms with Gasteiger partial charge in [0.2, 0.25) is 0 Å². The Labute approximate surface area is 275 Å². The third-order valence-electron chi connectivity index (χ3n) is 8.37. The zero-order valence-electron chi connectivity index (χ0n) is 27.1. The van der Waals surface area contributed by atoms with E-state index in [1.165, 1.54) is 0 Å². The number of aromatic nitrogens is 1. The van der Waals surface area contributed by atoms with E-state index in [2.05, 4.69) is 0 Å². The van der Waals surface area contributed by atoms with Crippen molar-refractivity contribution in [1.29, 1.82) is 0 Å². The first-order valence-electron chi connectivity index (χ1n) is 15.1. The van der Waals surface area contributed by atoms with Crippen molar-refractivity contribution >= 4 is 38.2 Å². The van der Waals surface area contributed by atoms with E-state index in [1.54, 1.807) is 41.6 Å². The Balaban J connectivity index is 1.58. The molecule has 0 spiro atoms. The Bertz CT molecular complexity index is 2360. The molecule has 10 heteroatoms. The van der Waals surface area contributed by atoms with Crippen LogP contribution in [-0.4, -0.2) is 46.7 Å². The SMILES string of the molecule is COCOc1cc(-c2c3c4cc(OC)c(OCc5ccccc5)cc4oc(=O)c3n3ccc4cc(OC)c(OC)cc4c23)ccc1OC. The molecule has 3 heterocycles. The van der Waals surface area contributed by atoms with Gasteiger partial charge in [-0.25, -0.2) is 4.79 Å². The fraction of sp³-hybridized carbons (Fsp3) is 0.184. The van der Waals surface area contributed by atoms with Crippen molar-refractivity contribution in [2.75, 3.05) is 42.3 Å². The molecule has 7 rings (SSSR count). The lowest BCUT2D eigenvalue weighted by atomic mass is 9.98. The minimum atomic E-state index is -0.512. The molecule has 0 aliphatic heterocycles. The summed E-state index contributed by atoms with van der Waals surface area (Å²) in [7, 11) is 7.90. The summed E-state index contributed by atoms with van der Waals surface area (Å²) in [5, 5.41) is 3.05. The van der Waals surface area contributed by atoms with Gasteiger partial charge < -0.3 is 42.0 Å². The van der Waals surface area contributed by atoms with Crippen LogP contribution in [0.1, 0.15) is 5.56 Å². The number of hydrogen-bond donors (Lipinski definition) is 0. The second-order valence-electron chi connectivity index (χ2n) is 11.0. The average Bonchev–Trinajstić information content (AvgIpc) is 3.49. The molecule has 0 unspecified atom stereocenters. The molecule has 0 saturated heterocycles. The van der Waals surface area contributed by atoms with E-state index in [0.29, 0.717) is 63.0 Å². The lowest BCUT2D eigenvalue weighted by molar-refractivity contribution is 0.0492. The van der Waals surface area contributed by atoms with Crippen LogP contribution in [-0.2, 0) is 11.3 Å². The van der Waals surface area contributed by atoms with Crippen LogP contribution in [0.4, 0.5) is 0 Å². The van der Waals surface area contributed by atoms with Gasteiger partial charge in [-0.3, -0.25) is 0 Å². The van der Waals surface area contributed by atoms with Gasteiger partial charge in [-0.15, -0.1) is 0 Å². The van der Waals surface area contributed by atoms with Gasteiger partial charge in [0, 0.05) is 41.1 Å². The molecule has 7 aromatic rings. The number of pyridine rings is 1. The summed E-state index contributed by atoms with van der Waals surface area (Å²) in [4.78, 5) is 14.0. The summed E-state index contributed by atoms with van der Waals surface area (Å²) in [6, 6.07) is 24.8. The van der Waals surface area contributed by atoms with Crippen molar-refractivity contribution in [3.05, 3.63) is 101 Å². The Morgan fingerprint density at radius 3 is 2.06 bits per heavy atom. The second-order valence-corrected chi connectivity index (χ2v) is 11.0. The number of nitrogens with zero attached hydrogens (tertiary/aromatic N) is 1. The van der Waals surface area contributed by atoms with E-state index < -0.39 is 5.63 Å². The summed E-state index contributed by atoms with van der Waals surface area (Å²) in [5.74, 6) is 3.08. The van der Waals surface area contributed by atoms with Crippen LogP contribution in [0.5, 0.6) is 34.5 Å². The highest BCUT2D eigenvalue weighted by Crippen LogP contribution is 2.46. The summed E-state index contributed by atoms with van der Waals surface area (Å²) >= 11 is 0. The molecule has 244 valence electrons. The molecular weight excluding hydrogens is 614 g/mol. The Kier molecular flexibility index (Phi) is 8.16. The standard InChI is InChI=1S/C38H33NO9/c1-41-21-47-32-16-24(11-12-27(32)42-2)34-35-26-18-31(45-5)33(46-20-22-9-7-6-8-10-22)19-28(26)48-38(40)37(35)39-14-13-23-15-29(43-3)30(44-4)17-25(23)36(34)39/h6-19H,20-21H2,1-5H3. The molecule has 0 N–H and O–H groups in total. The van der Waals surface area contributed by atoms with E-state index in [4.69, 9.17) is 37.6 Å². The molecule has 0 fully saturated rings. The third kappa shape index (κ3) is 5.16. The Morgan fingerprint density at radius 1 is 0.646 bits per heavy atom. The molecule has 0 bridgehead atoms. The molecule has 3 aromatic heterocycles. The first-order chi connectivity index (χ1) is 23.5. The first-order valence-corrected chi connectivity index (χ1v) is 15.1. The van der Waals surface area contributed by atoms with E-state index in [-0.39, 0.29) is 6.79 Å². The van der Waals surface area contributed by atoms with Crippen molar-refractivity contribution in [2.45, 2.75) is 6.61 Å². The largest absolute Gasteiger partial charge is 0.493 e. The number of benzene rings is 4. The maximum absolute atomic E-state index is 14.0. The lowest BCUT2D eigenvalue weighted by Crippen LogP contribution is -2.03. The van der Waals surface area contributed by atoms with Gasteiger partial charge in [-0.05, 0) is 52.9 Å². The maximum atomic E-state index is 14.0. The normalized spacial score (nSPS) is 11.4. The monoisotopic (exact) mass is 647 g/mol. The van der Waals surface area contributed by atoms with Crippen molar-refractivity contribution in [3.8, 4) is 45.6 Å². The van der Waals surface area contributed by atoms with Crippen molar-refractivity contribution in [3.63, 3.8) is 0 Å². The van der Waals surface area contributed by atoms with Crippen LogP contribution in [0.3, 0.4) is 0 Å². The fourth-order valence-electron chi connectivity index (χ4n) is 6.18. The van der Waals surface area contributed by atoms with Crippen molar-refractivity contribution in [1.82, 2.24) is 4.40 Å². The van der Waals surface area contributed by atoms with Crippen LogP contribution in [0.25, 0.3) is 49.3 Å². The lowest BCUT2D eigenvalue weighted by Gasteiger charge is -2.14. The molecule has 4 aromatic carbocycles. The fourth-order valence-corrected chi connectivity index (χ4v) is 6.18. The van der Waals surface area contributed by atoms with Crippen LogP contribution in [0.15, 0.2) is 94.3 Å². The Hall–Kier alpha value is -5.87. The summed E-state index contributed by atoms with van der Waals surface area (Å²) in [5.41, 5.74) is 3.48. The smallest absolute Gasteiger partial charge is 0.361 e. The van der Waals surface area contributed by atoms with E-state index >= 15 is 0 Å². The zero-order chi connectivity index (χ0) is 33.4. The van der Waals surface area contributed by atoms with E-state index in [9.17, 15) is 4.79 Å². The topological polar surface area (TPSA) is 99.2 Å². The van der Waals surface area contributed by atoms with Crippen molar-refractivity contribution < 1.29 is 37.6 Å². The number of rotatable bonds is 11. The number of hydrogen-bond acceptors (Lipinski definition) is 9. The van der Waals surface area contributed by atoms with Gasteiger partial charge in [-0.1, -0.05) is 36.4 Å². The second kappa shape index (κ2) is 12.7.